The summed E-state index contributed by atoms with van der Waals surface area (Å²) in [5.41, 5.74) is -1.35. The highest BCUT2D eigenvalue weighted by Gasteiger charge is 2.33. The second-order valence-corrected chi connectivity index (χ2v) is 10.2. The molecule has 0 saturated carbocycles. The molecule has 164 valence electrons. The first-order valence-corrected chi connectivity index (χ1v) is 12.5. The molecule has 0 saturated heterocycles. The van der Waals surface area contributed by atoms with E-state index in [1.807, 2.05) is 20.8 Å². The molecule has 0 aliphatic rings. The average Bonchev–Trinajstić information content (AvgIpc) is 2.66. The number of nitro benzene ring substituents is 2. The fraction of sp³-hybridized carbons (Fsp3) is 0.647. The monoisotopic (exact) mass is 448 g/mol. The Hall–Kier alpha value is -2.08. The lowest BCUT2D eigenvalue weighted by atomic mass is 10.2. The number of hydrogen-bond donors (Lipinski definition) is 0. The lowest BCUT2D eigenvalue weighted by Gasteiger charge is -2.23. The third-order valence-corrected chi connectivity index (χ3v) is 8.02. The molecule has 29 heavy (non-hydrogen) atoms. The number of nitrogens with zero attached hydrogens (tertiary/aromatic N) is 4. The van der Waals surface area contributed by atoms with Crippen LogP contribution in [0.15, 0.2) is 20.8 Å². The summed E-state index contributed by atoms with van der Waals surface area (Å²) in [6.45, 7) is 8.18. The summed E-state index contributed by atoms with van der Waals surface area (Å²) >= 11 is 0. The van der Waals surface area contributed by atoms with E-state index in [0.717, 1.165) is 18.6 Å². The highest BCUT2D eigenvalue weighted by atomic mass is 32.3. The van der Waals surface area contributed by atoms with Crippen molar-refractivity contribution in [2.75, 3.05) is 29.5 Å². The van der Waals surface area contributed by atoms with Gasteiger partial charge in [0.15, 0.2) is 5.69 Å². The highest BCUT2D eigenvalue weighted by molar-refractivity contribution is 8.00. The van der Waals surface area contributed by atoms with Gasteiger partial charge in [0.1, 0.15) is 4.90 Å². The van der Waals surface area contributed by atoms with Gasteiger partial charge in [-0.3, -0.25) is 20.2 Å². The van der Waals surface area contributed by atoms with Crippen molar-refractivity contribution >= 4 is 37.8 Å². The van der Waals surface area contributed by atoms with Crippen LogP contribution in [0.4, 0.5) is 17.1 Å². The zero-order chi connectivity index (χ0) is 22.2. The van der Waals surface area contributed by atoms with Crippen LogP contribution in [0.2, 0.25) is 0 Å². The number of benzene rings is 1. The Morgan fingerprint density at radius 3 is 1.79 bits per heavy atom. The van der Waals surface area contributed by atoms with Gasteiger partial charge >= 0.3 is 11.4 Å². The normalized spacial score (nSPS) is 12.7. The van der Waals surface area contributed by atoms with Crippen molar-refractivity contribution in [1.29, 1.82) is 0 Å². The highest BCUT2D eigenvalue weighted by Crippen LogP contribution is 2.40. The van der Waals surface area contributed by atoms with Crippen molar-refractivity contribution in [3.63, 3.8) is 0 Å². The van der Waals surface area contributed by atoms with Gasteiger partial charge in [-0.2, -0.15) is 8.42 Å². The number of anilines is 1. The van der Waals surface area contributed by atoms with Crippen LogP contribution in [0.5, 0.6) is 0 Å². The Labute approximate surface area is 173 Å². The molecule has 1 atom stereocenters. The van der Waals surface area contributed by atoms with Crippen molar-refractivity contribution in [1.82, 2.24) is 0 Å². The van der Waals surface area contributed by atoms with Crippen molar-refractivity contribution in [3.8, 4) is 0 Å². The Bertz CT molecular complexity index is 845. The molecular formula is C17H28N4O6S2. The summed E-state index contributed by atoms with van der Waals surface area (Å²) in [7, 11) is -5.03. The van der Waals surface area contributed by atoms with Gasteiger partial charge in [-0.1, -0.05) is 38.4 Å². The molecule has 1 aromatic rings. The maximum atomic E-state index is 12.7. The van der Waals surface area contributed by atoms with Crippen LogP contribution in [0.25, 0.3) is 0 Å². The summed E-state index contributed by atoms with van der Waals surface area (Å²) in [6, 6.07) is 1.78. The second kappa shape index (κ2) is 11.2. The van der Waals surface area contributed by atoms with Crippen LogP contribution in [0.1, 0.15) is 47.0 Å². The molecule has 0 N–H and O–H groups in total. The maximum absolute atomic E-state index is 12.7. The number of nitro groups is 2. The molecule has 1 aromatic carbocycles. The lowest BCUT2D eigenvalue weighted by Crippen LogP contribution is -2.26. The van der Waals surface area contributed by atoms with Crippen molar-refractivity contribution < 1.29 is 18.3 Å². The van der Waals surface area contributed by atoms with E-state index < -0.39 is 46.8 Å². The zero-order valence-electron chi connectivity index (χ0n) is 17.2. The standard InChI is InChI=1S/C17H28N4O6S2/c1-5-9-19(10-6-2)17-15(20(22)23)12-14(13-16(17)21(24)25)29(26,27)18-28(8-4)11-7-3/h12-13H,5-11H2,1-4H3. The zero-order valence-corrected chi connectivity index (χ0v) is 18.8. The Kier molecular flexibility index (Phi) is 9.63. The number of hydrogen-bond acceptors (Lipinski definition) is 7. The van der Waals surface area contributed by atoms with E-state index in [9.17, 15) is 28.6 Å². The largest absolute Gasteiger partial charge is 0.360 e. The molecule has 0 aromatic heterocycles. The van der Waals surface area contributed by atoms with Gasteiger partial charge in [0, 0.05) is 36.7 Å². The summed E-state index contributed by atoms with van der Waals surface area (Å²) < 4.78 is 29.4. The molecule has 12 heteroatoms. The first kappa shape index (κ1) is 25.0. The molecular weight excluding hydrogens is 420 g/mol. The first-order chi connectivity index (χ1) is 13.6. The van der Waals surface area contributed by atoms with E-state index >= 15 is 0 Å². The van der Waals surface area contributed by atoms with E-state index in [-0.39, 0.29) is 5.69 Å². The van der Waals surface area contributed by atoms with Crippen LogP contribution in [0.3, 0.4) is 0 Å². The predicted molar refractivity (Wildman–Crippen MR) is 115 cm³/mol. The van der Waals surface area contributed by atoms with Gasteiger partial charge in [0.25, 0.3) is 10.0 Å². The van der Waals surface area contributed by atoms with E-state index in [2.05, 4.69) is 3.77 Å². The molecule has 0 fully saturated rings. The average molecular weight is 449 g/mol. The third-order valence-electron chi connectivity index (χ3n) is 4.01. The quantitative estimate of drug-likeness (QED) is 0.347. The minimum atomic E-state index is -4.26. The molecule has 1 unspecified atom stereocenters. The molecule has 0 aliphatic heterocycles. The summed E-state index contributed by atoms with van der Waals surface area (Å²) in [5, 5.41) is 23.4. The van der Waals surface area contributed by atoms with Gasteiger partial charge in [0.2, 0.25) is 0 Å². The summed E-state index contributed by atoms with van der Waals surface area (Å²) in [5.74, 6) is 1.08. The molecule has 10 nitrogen and oxygen atoms in total. The van der Waals surface area contributed by atoms with E-state index in [0.29, 0.717) is 37.4 Å². The smallest absolute Gasteiger partial charge is 0.301 e. The minimum absolute atomic E-state index is 0.161. The SMILES string of the molecule is CCCN(CCC)c1c([N+](=O)[O-])cc(S(=O)(=O)N=S(CC)CCC)cc1[N+](=O)[O-]. The van der Waals surface area contributed by atoms with Crippen LogP contribution >= 0.6 is 0 Å². The molecule has 0 heterocycles. The maximum Gasteiger partial charge on any atom is 0.301 e. The molecule has 0 spiro atoms. The second-order valence-electron chi connectivity index (χ2n) is 6.32. The van der Waals surface area contributed by atoms with Crippen LogP contribution in [0, 0.1) is 20.2 Å². The van der Waals surface area contributed by atoms with Crippen molar-refractivity contribution in [2.45, 2.75) is 51.9 Å². The van der Waals surface area contributed by atoms with Crippen molar-refractivity contribution in [3.05, 3.63) is 32.4 Å². The van der Waals surface area contributed by atoms with Gasteiger partial charge in [0.05, 0.1) is 9.85 Å². The van der Waals surface area contributed by atoms with Crippen LogP contribution < -0.4 is 4.90 Å². The first-order valence-electron chi connectivity index (χ1n) is 9.50. The molecule has 0 aliphatic carbocycles. The fourth-order valence-corrected chi connectivity index (χ4v) is 6.31. The summed E-state index contributed by atoms with van der Waals surface area (Å²) in [4.78, 5) is 22.9. The van der Waals surface area contributed by atoms with Crippen molar-refractivity contribution in [2.24, 2.45) is 3.77 Å². The number of rotatable bonds is 12. The lowest BCUT2D eigenvalue weighted by molar-refractivity contribution is -0.393. The van der Waals surface area contributed by atoms with E-state index in [1.165, 1.54) is 0 Å². The van der Waals surface area contributed by atoms with Crippen LogP contribution in [-0.4, -0.2) is 42.9 Å². The molecule has 1 rings (SSSR count). The Balaban J connectivity index is 3.79. The number of sulfonamides is 1. The molecule has 0 radical (unpaired) electrons. The minimum Gasteiger partial charge on any atom is -0.360 e. The topological polar surface area (TPSA) is 136 Å². The third kappa shape index (κ3) is 6.46. The molecule has 0 bridgehead atoms. The van der Waals surface area contributed by atoms with Gasteiger partial charge in [-0.05, 0) is 19.3 Å². The van der Waals surface area contributed by atoms with E-state index in [4.69, 9.17) is 0 Å². The van der Waals surface area contributed by atoms with Crippen LogP contribution in [-0.2, 0) is 20.7 Å². The van der Waals surface area contributed by atoms with Gasteiger partial charge in [-0.25, -0.2) is 0 Å². The van der Waals surface area contributed by atoms with Gasteiger partial charge < -0.3 is 4.90 Å². The van der Waals surface area contributed by atoms with E-state index in [1.54, 1.807) is 11.8 Å². The predicted octanol–water partition coefficient (Wildman–Crippen LogP) is 4.05. The molecule has 0 amide bonds. The Morgan fingerprint density at radius 2 is 1.45 bits per heavy atom. The summed E-state index contributed by atoms with van der Waals surface area (Å²) in [6.07, 6.45) is 1.98. The Morgan fingerprint density at radius 1 is 0.966 bits per heavy atom. The van der Waals surface area contributed by atoms with Gasteiger partial charge in [-0.15, -0.1) is 3.77 Å². The fourth-order valence-electron chi connectivity index (χ4n) is 2.86.